The fraction of sp³-hybridized carbons (Fsp3) is 0.0909. The summed E-state index contributed by atoms with van der Waals surface area (Å²) in [7, 11) is 0. The monoisotopic (exact) mass is 416 g/mol. The number of carbonyl (C=O) groups excluding carboxylic acids is 2. The third-order valence-electron chi connectivity index (χ3n) is 4.78. The van der Waals surface area contributed by atoms with Gasteiger partial charge in [-0.3, -0.25) is 14.9 Å². The van der Waals surface area contributed by atoms with Crippen LogP contribution in [0.1, 0.15) is 21.8 Å². The van der Waals surface area contributed by atoms with Gasteiger partial charge in [0.2, 0.25) is 11.8 Å². The van der Waals surface area contributed by atoms with E-state index in [2.05, 4.69) is 20.6 Å². The van der Waals surface area contributed by atoms with E-state index in [4.69, 9.17) is 4.42 Å². The van der Waals surface area contributed by atoms with Crippen molar-refractivity contribution in [3.63, 3.8) is 0 Å². The van der Waals surface area contributed by atoms with Crippen LogP contribution in [0.3, 0.4) is 0 Å². The van der Waals surface area contributed by atoms with Crippen molar-refractivity contribution in [3.8, 4) is 22.7 Å². The first-order valence-electron chi connectivity index (χ1n) is 9.30. The lowest BCUT2D eigenvalue weighted by Crippen LogP contribution is -2.13. The second-order valence-corrected chi connectivity index (χ2v) is 7.74. The molecule has 30 heavy (non-hydrogen) atoms. The predicted octanol–water partition coefficient (Wildman–Crippen LogP) is 4.52. The van der Waals surface area contributed by atoms with Crippen molar-refractivity contribution in [1.82, 2.24) is 9.97 Å². The summed E-state index contributed by atoms with van der Waals surface area (Å²) in [4.78, 5) is 33.1. The lowest BCUT2D eigenvalue weighted by Gasteiger charge is -2.01. The van der Waals surface area contributed by atoms with Gasteiger partial charge in [-0.05, 0) is 36.8 Å². The number of hydrogen-bond donors (Lipinski definition) is 2. The standard InChI is InChI=1S/C22H16N4O3S/c1-12-19(25-21(29-12)13-5-3-2-4-6-13)20(28)26-22-24-17(11-30-22)14-7-8-16-15(9-14)10-18(27)23-16/h2-9,11H,10H2,1H3,(H,23,27)(H,24,26,28). The largest absolute Gasteiger partial charge is 0.441 e. The fourth-order valence-corrected chi connectivity index (χ4v) is 4.03. The molecule has 0 saturated heterocycles. The number of carbonyl (C=O) groups is 2. The van der Waals surface area contributed by atoms with E-state index in [-0.39, 0.29) is 17.5 Å². The Morgan fingerprint density at radius 2 is 1.97 bits per heavy atom. The summed E-state index contributed by atoms with van der Waals surface area (Å²) >= 11 is 1.33. The maximum atomic E-state index is 12.7. The third kappa shape index (κ3) is 3.37. The smallest absolute Gasteiger partial charge is 0.279 e. The third-order valence-corrected chi connectivity index (χ3v) is 5.54. The Morgan fingerprint density at radius 1 is 1.13 bits per heavy atom. The number of benzene rings is 2. The number of anilines is 2. The Morgan fingerprint density at radius 3 is 2.80 bits per heavy atom. The molecule has 0 radical (unpaired) electrons. The highest BCUT2D eigenvalue weighted by atomic mass is 32.1. The zero-order valence-corrected chi connectivity index (χ0v) is 16.7. The highest BCUT2D eigenvalue weighted by molar-refractivity contribution is 7.14. The van der Waals surface area contributed by atoms with Gasteiger partial charge < -0.3 is 9.73 Å². The molecule has 2 amide bonds. The molecule has 7 nitrogen and oxygen atoms in total. The first-order valence-corrected chi connectivity index (χ1v) is 10.2. The first kappa shape index (κ1) is 18.3. The molecule has 5 rings (SSSR count). The van der Waals surface area contributed by atoms with Crippen molar-refractivity contribution in [2.75, 3.05) is 10.6 Å². The number of amides is 2. The number of nitrogens with one attached hydrogen (secondary N) is 2. The summed E-state index contributed by atoms with van der Waals surface area (Å²) in [5.74, 6) is 0.465. The van der Waals surface area contributed by atoms with Crippen molar-refractivity contribution in [3.05, 3.63) is 70.9 Å². The number of fused-ring (bicyclic) bond motifs is 1. The van der Waals surface area contributed by atoms with Gasteiger partial charge in [0, 0.05) is 22.2 Å². The summed E-state index contributed by atoms with van der Waals surface area (Å²) in [6, 6.07) is 15.1. The van der Waals surface area contributed by atoms with Crippen LogP contribution in [-0.4, -0.2) is 21.8 Å². The lowest BCUT2D eigenvalue weighted by atomic mass is 10.1. The molecule has 1 aliphatic rings. The van der Waals surface area contributed by atoms with Crippen LogP contribution in [0.4, 0.5) is 10.8 Å². The Kier molecular flexibility index (Phi) is 4.40. The topological polar surface area (TPSA) is 97.1 Å². The molecule has 0 aliphatic carbocycles. The van der Waals surface area contributed by atoms with Crippen LogP contribution in [0.25, 0.3) is 22.7 Å². The maximum Gasteiger partial charge on any atom is 0.279 e. The van der Waals surface area contributed by atoms with Gasteiger partial charge in [-0.25, -0.2) is 9.97 Å². The van der Waals surface area contributed by atoms with Crippen molar-refractivity contribution < 1.29 is 14.0 Å². The summed E-state index contributed by atoms with van der Waals surface area (Å²) in [5, 5.41) is 7.94. The molecule has 148 valence electrons. The first-order chi connectivity index (χ1) is 14.6. The van der Waals surface area contributed by atoms with E-state index >= 15 is 0 Å². The summed E-state index contributed by atoms with van der Waals surface area (Å²) < 4.78 is 5.66. The molecule has 0 fully saturated rings. The Hall–Kier alpha value is -3.78. The van der Waals surface area contributed by atoms with Crippen LogP contribution in [-0.2, 0) is 11.2 Å². The molecule has 2 aromatic heterocycles. The van der Waals surface area contributed by atoms with E-state index < -0.39 is 0 Å². The molecule has 8 heteroatoms. The minimum Gasteiger partial charge on any atom is -0.441 e. The molecule has 2 N–H and O–H groups in total. The van der Waals surface area contributed by atoms with Crippen molar-refractivity contribution in [1.29, 1.82) is 0 Å². The van der Waals surface area contributed by atoms with Gasteiger partial charge >= 0.3 is 0 Å². The molecule has 2 aromatic carbocycles. The minimum absolute atomic E-state index is 0.00812. The van der Waals surface area contributed by atoms with Crippen LogP contribution in [0.5, 0.6) is 0 Å². The van der Waals surface area contributed by atoms with Crippen LogP contribution in [0.2, 0.25) is 0 Å². The number of hydrogen-bond acceptors (Lipinski definition) is 6. The molecule has 4 aromatic rings. The Labute approximate surface area is 175 Å². The summed E-state index contributed by atoms with van der Waals surface area (Å²) in [6.45, 7) is 1.71. The molecule has 0 saturated carbocycles. The fourth-order valence-electron chi connectivity index (χ4n) is 3.32. The number of oxazole rings is 1. The average molecular weight is 416 g/mol. The number of thiazole rings is 1. The number of aryl methyl sites for hydroxylation is 1. The quantitative estimate of drug-likeness (QED) is 0.510. The van der Waals surface area contributed by atoms with Gasteiger partial charge in [-0.1, -0.05) is 24.3 Å². The Bertz CT molecular complexity index is 1280. The van der Waals surface area contributed by atoms with E-state index in [1.807, 2.05) is 53.9 Å². The second-order valence-electron chi connectivity index (χ2n) is 6.88. The van der Waals surface area contributed by atoms with E-state index in [9.17, 15) is 9.59 Å². The van der Waals surface area contributed by atoms with Crippen LogP contribution in [0, 0.1) is 6.92 Å². The molecule has 0 unspecified atom stereocenters. The predicted molar refractivity (Wildman–Crippen MR) is 115 cm³/mol. The van der Waals surface area contributed by atoms with E-state index in [0.717, 1.165) is 28.1 Å². The van der Waals surface area contributed by atoms with Crippen molar-refractivity contribution in [2.45, 2.75) is 13.3 Å². The highest BCUT2D eigenvalue weighted by Crippen LogP contribution is 2.31. The van der Waals surface area contributed by atoms with Crippen molar-refractivity contribution >= 4 is 34.0 Å². The van der Waals surface area contributed by atoms with Crippen LogP contribution < -0.4 is 10.6 Å². The van der Waals surface area contributed by atoms with Gasteiger partial charge in [0.15, 0.2) is 10.8 Å². The van der Waals surface area contributed by atoms with Crippen LogP contribution >= 0.6 is 11.3 Å². The SMILES string of the molecule is Cc1oc(-c2ccccc2)nc1C(=O)Nc1nc(-c2ccc3c(c2)CC(=O)N3)cs1. The molecule has 1 aliphatic heterocycles. The minimum atomic E-state index is -0.372. The summed E-state index contributed by atoms with van der Waals surface area (Å²) in [5.41, 5.74) is 4.45. The van der Waals surface area contributed by atoms with Gasteiger partial charge in [0.05, 0.1) is 12.1 Å². The van der Waals surface area contributed by atoms with Crippen LogP contribution in [0.15, 0.2) is 58.3 Å². The normalized spacial score (nSPS) is 12.5. The lowest BCUT2D eigenvalue weighted by molar-refractivity contribution is -0.115. The van der Waals surface area contributed by atoms with Gasteiger partial charge in [0.25, 0.3) is 5.91 Å². The molecular formula is C22H16N4O3S. The van der Waals surface area contributed by atoms with E-state index in [0.29, 0.717) is 23.2 Å². The molecule has 0 spiro atoms. The Balaban J connectivity index is 1.35. The summed E-state index contributed by atoms with van der Waals surface area (Å²) in [6.07, 6.45) is 0.367. The van der Waals surface area contributed by atoms with Crippen molar-refractivity contribution in [2.24, 2.45) is 0 Å². The van der Waals surface area contributed by atoms with Gasteiger partial charge in [0.1, 0.15) is 5.76 Å². The number of nitrogens with zero attached hydrogens (tertiary/aromatic N) is 2. The molecule has 0 bridgehead atoms. The average Bonchev–Trinajstić information content (AvgIpc) is 3.45. The van der Waals surface area contributed by atoms with E-state index in [1.54, 1.807) is 6.92 Å². The second kappa shape index (κ2) is 7.23. The van der Waals surface area contributed by atoms with Gasteiger partial charge in [-0.15, -0.1) is 11.3 Å². The molecule has 0 atom stereocenters. The molecule has 3 heterocycles. The maximum absolute atomic E-state index is 12.7. The zero-order chi connectivity index (χ0) is 20.7. The van der Waals surface area contributed by atoms with Gasteiger partial charge in [-0.2, -0.15) is 0 Å². The number of aromatic nitrogens is 2. The highest BCUT2D eigenvalue weighted by Gasteiger charge is 2.21. The zero-order valence-electron chi connectivity index (χ0n) is 15.9. The van der Waals surface area contributed by atoms with E-state index in [1.165, 1.54) is 11.3 Å². The number of rotatable bonds is 4. The molecular weight excluding hydrogens is 400 g/mol.